The molecule has 0 aliphatic rings. The van der Waals surface area contributed by atoms with E-state index >= 15 is 0 Å². The van der Waals surface area contributed by atoms with Crippen molar-refractivity contribution >= 4 is 29.3 Å². The zero-order valence-corrected chi connectivity index (χ0v) is 16.3. The summed E-state index contributed by atoms with van der Waals surface area (Å²) in [5.41, 5.74) is 6.21. The molecular weight excluding hydrogens is 427 g/mol. The van der Waals surface area contributed by atoms with Gasteiger partial charge < -0.3 is 16.4 Å². The lowest BCUT2D eigenvalue weighted by atomic mass is 10.1. The number of hydrogen-bond acceptors (Lipinski definition) is 7. The Labute approximate surface area is 173 Å². The van der Waals surface area contributed by atoms with E-state index < -0.39 is 47.3 Å². The molecule has 0 saturated heterocycles. The van der Waals surface area contributed by atoms with E-state index in [9.17, 15) is 42.5 Å². The van der Waals surface area contributed by atoms with Crippen LogP contribution in [0.4, 0.5) is 18.9 Å². The number of carbonyl (C=O) groups is 4. The van der Waals surface area contributed by atoms with Crippen molar-refractivity contribution in [1.29, 1.82) is 0 Å². The van der Waals surface area contributed by atoms with E-state index in [0.29, 0.717) is 12.5 Å². The minimum absolute atomic E-state index is 0.0866. The fourth-order valence-corrected chi connectivity index (χ4v) is 2.30. The highest BCUT2D eigenvalue weighted by Crippen LogP contribution is 2.18. The predicted octanol–water partition coefficient (Wildman–Crippen LogP) is -0.366. The van der Waals surface area contributed by atoms with Crippen LogP contribution in [-0.4, -0.2) is 65.3 Å². The molecule has 0 radical (unpaired) electrons. The highest BCUT2D eigenvalue weighted by Gasteiger charge is 2.44. The first-order chi connectivity index (χ1) is 14.3. The molecule has 1 atom stereocenters. The van der Waals surface area contributed by atoms with Crippen LogP contribution in [0.1, 0.15) is 12.5 Å². The maximum absolute atomic E-state index is 12.4. The average molecular weight is 447 g/mol. The van der Waals surface area contributed by atoms with Gasteiger partial charge in [0.1, 0.15) is 6.54 Å². The Morgan fingerprint density at radius 1 is 1.13 bits per heavy atom. The van der Waals surface area contributed by atoms with Gasteiger partial charge in [-0.05, 0) is 12.0 Å². The first-order valence-electron chi connectivity index (χ1n) is 8.75. The molecule has 1 aromatic carbocycles. The van der Waals surface area contributed by atoms with Crippen LogP contribution in [-0.2, 0) is 25.6 Å². The van der Waals surface area contributed by atoms with Crippen molar-refractivity contribution in [3.05, 3.63) is 39.9 Å². The van der Waals surface area contributed by atoms with Crippen LogP contribution in [0.2, 0.25) is 0 Å². The third-order valence-corrected chi connectivity index (χ3v) is 3.86. The van der Waals surface area contributed by atoms with Crippen molar-refractivity contribution in [2.24, 2.45) is 5.73 Å². The summed E-state index contributed by atoms with van der Waals surface area (Å²) in [6, 6.07) is 4.45. The van der Waals surface area contributed by atoms with Gasteiger partial charge in [0, 0.05) is 32.1 Å². The fourth-order valence-electron chi connectivity index (χ4n) is 2.30. The molecule has 1 unspecified atom stereocenters. The van der Waals surface area contributed by atoms with Gasteiger partial charge in [0.2, 0.25) is 17.7 Å². The number of nitrogens with zero attached hydrogens (tertiary/aromatic N) is 2. The largest absolute Gasteiger partial charge is 0.471 e. The predicted molar refractivity (Wildman–Crippen MR) is 99.2 cm³/mol. The topological polar surface area (TPSA) is 165 Å². The van der Waals surface area contributed by atoms with E-state index in [2.05, 4.69) is 10.6 Å². The normalized spacial score (nSPS) is 11.9. The highest BCUT2D eigenvalue weighted by atomic mass is 19.4. The fraction of sp³-hybridized carbons (Fsp3) is 0.412. The second kappa shape index (κ2) is 11.0. The van der Waals surface area contributed by atoms with Gasteiger partial charge in [0.05, 0.1) is 11.0 Å². The number of imide groups is 1. The second-order valence-corrected chi connectivity index (χ2v) is 6.28. The first-order valence-corrected chi connectivity index (χ1v) is 8.75. The molecule has 0 saturated carbocycles. The Bertz CT molecular complexity index is 844. The van der Waals surface area contributed by atoms with Gasteiger partial charge in [0.25, 0.3) is 5.69 Å². The molecule has 170 valence electrons. The summed E-state index contributed by atoms with van der Waals surface area (Å²) in [6.07, 6.45) is -5.22. The number of non-ortho nitro benzene ring substituents is 1. The summed E-state index contributed by atoms with van der Waals surface area (Å²) in [7, 11) is 0. The number of amides is 4. The molecular formula is C17H20F3N5O6. The Morgan fingerprint density at radius 2 is 1.68 bits per heavy atom. The van der Waals surface area contributed by atoms with Crippen molar-refractivity contribution in [3.8, 4) is 0 Å². The third kappa shape index (κ3) is 8.38. The summed E-state index contributed by atoms with van der Waals surface area (Å²) in [4.78, 5) is 55.7. The molecule has 1 aromatic rings. The summed E-state index contributed by atoms with van der Waals surface area (Å²) in [6.45, 7) is -0.725. The lowest BCUT2D eigenvalue weighted by molar-refractivity contribution is -0.384. The Balaban J connectivity index is 2.42. The number of nitrogens with two attached hydrogens (primary N) is 1. The summed E-state index contributed by atoms with van der Waals surface area (Å²) in [5, 5.41) is 15.2. The first kappa shape index (κ1) is 25.5. The molecule has 4 N–H and O–H groups in total. The zero-order valence-electron chi connectivity index (χ0n) is 16.3. The van der Waals surface area contributed by atoms with Crippen LogP contribution in [0.5, 0.6) is 0 Å². The number of benzene rings is 1. The molecule has 11 nitrogen and oxygen atoms in total. The van der Waals surface area contributed by atoms with E-state index in [1.165, 1.54) is 24.3 Å². The van der Waals surface area contributed by atoms with Gasteiger partial charge in [-0.1, -0.05) is 12.1 Å². The summed E-state index contributed by atoms with van der Waals surface area (Å²) < 4.78 is 37.3. The minimum atomic E-state index is -5.31. The number of nitro benzene ring substituents is 1. The second-order valence-electron chi connectivity index (χ2n) is 6.28. The van der Waals surface area contributed by atoms with E-state index in [-0.39, 0.29) is 30.1 Å². The van der Waals surface area contributed by atoms with Crippen molar-refractivity contribution in [1.82, 2.24) is 15.5 Å². The Morgan fingerprint density at radius 3 is 2.16 bits per heavy atom. The van der Waals surface area contributed by atoms with Crippen LogP contribution >= 0.6 is 0 Å². The van der Waals surface area contributed by atoms with Crippen LogP contribution in [0.3, 0.4) is 0 Å². The molecule has 0 bridgehead atoms. The summed E-state index contributed by atoms with van der Waals surface area (Å²) >= 11 is 0. The number of alkyl halides is 3. The Hall–Kier alpha value is -3.55. The number of rotatable bonds is 9. The van der Waals surface area contributed by atoms with Gasteiger partial charge in [-0.15, -0.1) is 0 Å². The third-order valence-electron chi connectivity index (χ3n) is 3.86. The molecule has 0 fully saturated rings. The molecule has 14 heteroatoms. The lowest BCUT2D eigenvalue weighted by Crippen LogP contribution is -2.49. The van der Waals surface area contributed by atoms with E-state index in [0.717, 1.165) is 0 Å². The zero-order chi connectivity index (χ0) is 23.8. The molecule has 0 spiro atoms. The lowest BCUT2D eigenvalue weighted by Gasteiger charge is -2.20. The number of carbonyl (C=O) groups excluding carboxylic acids is 4. The molecule has 0 aromatic heterocycles. The number of nitrogens with one attached hydrogen (secondary N) is 2. The quantitative estimate of drug-likeness (QED) is 0.264. The number of hydrogen-bond donors (Lipinski definition) is 3. The van der Waals surface area contributed by atoms with Crippen molar-refractivity contribution in [2.75, 3.05) is 19.6 Å². The van der Waals surface area contributed by atoms with Gasteiger partial charge in [0.15, 0.2) is 0 Å². The van der Waals surface area contributed by atoms with Crippen LogP contribution in [0.25, 0.3) is 0 Å². The van der Waals surface area contributed by atoms with E-state index in [1.807, 2.05) is 0 Å². The van der Waals surface area contributed by atoms with Crippen LogP contribution < -0.4 is 16.4 Å². The number of nitro groups is 1. The van der Waals surface area contributed by atoms with Crippen LogP contribution in [0, 0.1) is 10.1 Å². The van der Waals surface area contributed by atoms with E-state index in [4.69, 9.17) is 5.73 Å². The molecule has 4 amide bonds. The SMILES string of the molecule is CC(=O)N(CC(=O)NCCNC(=O)C(N)Cc1ccc([N+](=O)[O-])cc1)C(=O)C(F)(F)F. The smallest absolute Gasteiger partial charge is 0.353 e. The van der Waals surface area contributed by atoms with E-state index in [1.54, 1.807) is 0 Å². The minimum Gasteiger partial charge on any atom is -0.353 e. The maximum atomic E-state index is 12.4. The monoisotopic (exact) mass is 447 g/mol. The Kier molecular flexibility index (Phi) is 9.05. The van der Waals surface area contributed by atoms with Gasteiger partial charge in [-0.2, -0.15) is 13.2 Å². The van der Waals surface area contributed by atoms with Crippen molar-refractivity contribution in [3.63, 3.8) is 0 Å². The molecule has 1 rings (SSSR count). The highest BCUT2D eigenvalue weighted by molar-refractivity contribution is 6.00. The molecule has 0 aliphatic heterocycles. The van der Waals surface area contributed by atoms with Gasteiger partial charge in [-0.25, -0.2) is 0 Å². The van der Waals surface area contributed by atoms with Crippen molar-refractivity contribution in [2.45, 2.75) is 25.6 Å². The maximum Gasteiger partial charge on any atom is 0.471 e. The number of halogens is 3. The molecule has 31 heavy (non-hydrogen) atoms. The molecule has 0 aliphatic carbocycles. The average Bonchev–Trinajstić information content (AvgIpc) is 2.68. The van der Waals surface area contributed by atoms with Gasteiger partial charge in [-0.3, -0.25) is 34.2 Å². The summed E-state index contributed by atoms with van der Waals surface area (Å²) in [5.74, 6) is -5.33. The van der Waals surface area contributed by atoms with Crippen molar-refractivity contribution < 1.29 is 37.3 Å². The van der Waals surface area contributed by atoms with Gasteiger partial charge >= 0.3 is 12.1 Å². The standard InChI is InChI=1S/C17H20F3N5O6/c1-10(26)24(16(29)17(18,19)20)9-14(27)22-6-7-23-15(28)13(21)8-11-2-4-12(5-3-11)25(30)31/h2-5,13H,6-9,21H2,1H3,(H,22,27)(H,23,28). The molecule has 0 heterocycles. The van der Waals surface area contributed by atoms with Crippen LogP contribution in [0.15, 0.2) is 24.3 Å².